The summed E-state index contributed by atoms with van der Waals surface area (Å²) in [6, 6.07) is 0. The van der Waals surface area contributed by atoms with Crippen LogP contribution < -0.4 is 10.2 Å². The van der Waals surface area contributed by atoms with Gasteiger partial charge in [-0.05, 0) is 26.3 Å². The number of nitrogens with one attached hydrogen (secondary N) is 1. The quantitative estimate of drug-likeness (QED) is 0.835. The van der Waals surface area contributed by atoms with Crippen molar-refractivity contribution in [2.45, 2.75) is 33.2 Å². The standard InChI is InChI=1S/C13H23N3O2S2/c1-3-5-14-10-12-11(2)15-13(19-12)16-6-4-8-20(17,18)9-7-16/h14H,3-10H2,1-2H3. The third-order valence-electron chi connectivity index (χ3n) is 3.42. The summed E-state index contributed by atoms with van der Waals surface area (Å²) in [6.07, 6.45) is 1.82. The molecule has 2 heterocycles. The predicted molar refractivity (Wildman–Crippen MR) is 84.3 cm³/mol. The molecule has 0 spiro atoms. The van der Waals surface area contributed by atoms with Crippen molar-refractivity contribution in [2.75, 3.05) is 36.0 Å². The first-order valence-corrected chi connectivity index (χ1v) is 9.78. The molecule has 0 radical (unpaired) electrons. The summed E-state index contributed by atoms with van der Waals surface area (Å²) >= 11 is 1.68. The first kappa shape index (κ1) is 15.7. The van der Waals surface area contributed by atoms with E-state index in [1.807, 2.05) is 6.92 Å². The van der Waals surface area contributed by atoms with Crippen molar-refractivity contribution in [3.8, 4) is 0 Å². The van der Waals surface area contributed by atoms with E-state index < -0.39 is 9.84 Å². The van der Waals surface area contributed by atoms with Gasteiger partial charge in [0, 0.05) is 24.5 Å². The Labute approximate surface area is 125 Å². The van der Waals surface area contributed by atoms with Gasteiger partial charge in [0.2, 0.25) is 0 Å². The van der Waals surface area contributed by atoms with E-state index in [4.69, 9.17) is 0 Å². The lowest BCUT2D eigenvalue weighted by molar-refractivity contribution is 0.597. The second-order valence-corrected chi connectivity index (χ2v) is 8.54. The highest BCUT2D eigenvalue weighted by atomic mass is 32.2. The van der Waals surface area contributed by atoms with Crippen molar-refractivity contribution in [3.63, 3.8) is 0 Å². The van der Waals surface area contributed by atoms with Crippen molar-refractivity contribution in [3.05, 3.63) is 10.6 Å². The summed E-state index contributed by atoms with van der Waals surface area (Å²) in [7, 11) is -2.86. The summed E-state index contributed by atoms with van der Waals surface area (Å²) in [5.74, 6) is 0.549. The van der Waals surface area contributed by atoms with Gasteiger partial charge in [-0.1, -0.05) is 6.92 Å². The summed E-state index contributed by atoms with van der Waals surface area (Å²) in [5, 5.41) is 4.36. The fourth-order valence-corrected chi connectivity index (χ4v) is 4.57. The number of hydrogen-bond donors (Lipinski definition) is 1. The Morgan fingerprint density at radius 3 is 2.90 bits per heavy atom. The maximum atomic E-state index is 11.6. The molecule has 1 fully saturated rings. The Morgan fingerprint density at radius 1 is 1.35 bits per heavy atom. The molecule has 7 heteroatoms. The summed E-state index contributed by atoms with van der Waals surface area (Å²) in [4.78, 5) is 7.98. The highest BCUT2D eigenvalue weighted by molar-refractivity contribution is 7.91. The van der Waals surface area contributed by atoms with Gasteiger partial charge in [0.1, 0.15) is 0 Å². The summed E-state index contributed by atoms with van der Waals surface area (Å²) < 4.78 is 23.3. The molecular weight excluding hydrogens is 294 g/mol. The lowest BCUT2D eigenvalue weighted by Crippen LogP contribution is -2.26. The van der Waals surface area contributed by atoms with Crippen molar-refractivity contribution in [1.82, 2.24) is 10.3 Å². The number of hydrogen-bond acceptors (Lipinski definition) is 6. The summed E-state index contributed by atoms with van der Waals surface area (Å²) in [6.45, 7) is 7.39. The van der Waals surface area contributed by atoms with Gasteiger partial charge in [0.25, 0.3) is 0 Å². The van der Waals surface area contributed by atoms with Crippen LogP contribution in [0.2, 0.25) is 0 Å². The van der Waals surface area contributed by atoms with E-state index in [2.05, 4.69) is 22.1 Å². The number of nitrogens with zero attached hydrogens (tertiary/aromatic N) is 2. The van der Waals surface area contributed by atoms with Gasteiger partial charge in [-0.25, -0.2) is 13.4 Å². The Hall–Kier alpha value is -0.660. The monoisotopic (exact) mass is 317 g/mol. The SMILES string of the molecule is CCCNCc1sc(N2CCCS(=O)(=O)CC2)nc1C. The van der Waals surface area contributed by atoms with Crippen LogP contribution in [0.1, 0.15) is 30.3 Å². The van der Waals surface area contributed by atoms with Crippen LogP contribution in [0.5, 0.6) is 0 Å². The second kappa shape index (κ2) is 6.87. The first-order valence-electron chi connectivity index (χ1n) is 7.14. The van der Waals surface area contributed by atoms with Crippen LogP contribution in [0.25, 0.3) is 0 Å². The molecule has 0 atom stereocenters. The highest BCUT2D eigenvalue weighted by Crippen LogP contribution is 2.27. The Morgan fingerprint density at radius 2 is 2.15 bits per heavy atom. The van der Waals surface area contributed by atoms with E-state index in [0.29, 0.717) is 18.7 Å². The van der Waals surface area contributed by atoms with Crippen molar-refractivity contribution >= 4 is 26.3 Å². The van der Waals surface area contributed by atoms with Crippen molar-refractivity contribution in [1.29, 1.82) is 0 Å². The molecule has 0 aromatic carbocycles. The normalized spacial score (nSPS) is 19.0. The first-order chi connectivity index (χ1) is 9.52. The second-order valence-electron chi connectivity index (χ2n) is 5.17. The molecular formula is C13H23N3O2S2. The molecule has 1 aliphatic heterocycles. The molecule has 0 amide bonds. The molecule has 0 saturated carbocycles. The number of rotatable bonds is 5. The minimum atomic E-state index is -2.86. The zero-order valence-electron chi connectivity index (χ0n) is 12.2. The van der Waals surface area contributed by atoms with E-state index in [9.17, 15) is 8.42 Å². The van der Waals surface area contributed by atoms with Gasteiger partial charge in [-0.15, -0.1) is 11.3 Å². The Kier molecular flexibility index (Phi) is 5.40. The van der Waals surface area contributed by atoms with E-state index in [-0.39, 0.29) is 5.75 Å². The van der Waals surface area contributed by atoms with Crippen LogP contribution in [0.3, 0.4) is 0 Å². The molecule has 1 N–H and O–H groups in total. The van der Waals surface area contributed by atoms with E-state index in [1.165, 1.54) is 4.88 Å². The molecule has 1 aromatic heterocycles. The zero-order chi connectivity index (χ0) is 14.6. The third-order valence-corrected chi connectivity index (χ3v) is 6.35. The van der Waals surface area contributed by atoms with E-state index in [1.54, 1.807) is 11.3 Å². The molecule has 114 valence electrons. The Bertz CT molecular complexity index is 540. The molecule has 0 unspecified atom stereocenters. The van der Waals surface area contributed by atoms with Gasteiger partial charge in [0.05, 0.1) is 17.2 Å². The third kappa shape index (κ3) is 4.17. The van der Waals surface area contributed by atoms with Crippen molar-refractivity contribution in [2.24, 2.45) is 0 Å². The van der Waals surface area contributed by atoms with Gasteiger partial charge >= 0.3 is 0 Å². The number of aromatic nitrogens is 1. The Balaban J connectivity index is 2.03. The van der Waals surface area contributed by atoms with Crippen LogP contribution in [-0.4, -0.2) is 44.5 Å². The largest absolute Gasteiger partial charge is 0.347 e. The lowest BCUT2D eigenvalue weighted by Gasteiger charge is -2.17. The number of anilines is 1. The van der Waals surface area contributed by atoms with E-state index >= 15 is 0 Å². The van der Waals surface area contributed by atoms with Crippen LogP contribution in [-0.2, 0) is 16.4 Å². The van der Waals surface area contributed by atoms with E-state index in [0.717, 1.165) is 36.9 Å². The van der Waals surface area contributed by atoms with Crippen LogP contribution in [0.15, 0.2) is 0 Å². The van der Waals surface area contributed by atoms with Gasteiger partial charge in [-0.2, -0.15) is 0 Å². The molecule has 0 bridgehead atoms. The highest BCUT2D eigenvalue weighted by Gasteiger charge is 2.21. The number of aryl methyl sites for hydroxylation is 1. The minimum absolute atomic E-state index is 0.245. The number of sulfone groups is 1. The topological polar surface area (TPSA) is 62.3 Å². The van der Waals surface area contributed by atoms with Crippen LogP contribution >= 0.6 is 11.3 Å². The molecule has 1 aliphatic rings. The fraction of sp³-hybridized carbons (Fsp3) is 0.769. The smallest absolute Gasteiger partial charge is 0.185 e. The average molecular weight is 317 g/mol. The predicted octanol–water partition coefficient (Wildman–Crippen LogP) is 1.58. The van der Waals surface area contributed by atoms with Gasteiger partial charge in [0.15, 0.2) is 15.0 Å². The molecule has 1 aromatic rings. The summed E-state index contributed by atoms with van der Waals surface area (Å²) in [5.41, 5.74) is 1.06. The van der Waals surface area contributed by atoms with Crippen LogP contribution in [0, 0.1) is 6.92 Å². The maximum absolute atomic E-state index is 11.6. The average Bonchev–Trinajstić information content (AvgIpc) is 2.64. The lowest BCUT2D eigenvalue weighted by atomic mass is 10.4. The van der Waals surface area contributed by atoms with Crippen LogP contribution in [0.4, 0.5) is 5.13 Å². The molecule has 1 saturated heterocycles. The van der Waals surface area contributed by atoms with Gasteiger partial charge < -0.3 is 10.2 Å². The minimum Gasteiger partial charge on any atom is -0.347 e. The number of thiazole rings is 1. The molecule has 20 heavy (non-hydrogen) atoms. The molecule has 0 aliphatic carbocycles. The molecule has 5 nitrogen and oxygen atoms in total. The van der Waals surface area contributed by atoms with Crippen molar-refractivity contribution < 1.29 is 8.42 Å². The molecule has 2 rings (SSSR count). The zero-order valence-corrected chi connectivity index (χ0v) is 13.8. The van der Waals surface area contributed by atoms with Gasteiger partial charge in [-0.3, -0.25) is 0 Å². The fourth-order valence-electron chi connectivity index (χ4n) is 2.22. The maximum Gasteiger partial charge on any atom is 0.185 e.